The van der Waals surface area contributed by atoms with Crippen molar-refractivity contribution in [2.75, 3.05) is 0 Å². The second kappa shape index (κ2) is 4.75. The average molecular weight is 307 g/mol. The molecule has 0 spiro atoms. The van der Waals surface area contributed by atoms with Crippen LogP contribution in [0.1, 0.15) is 10.4 Å². The molecule has 0 amide bonds. The fourth-order valence-electron chi connectivity index (χ4n) is 2.15. The lowest BCUT2D eigenvalue weighted by Crippen LogP contribution is -2.15. The first-order valence-electron chi connectivity index (χ1n) is 5.91. The van der Waals surface area contributed by atoms with Crippen LogP contribution in [0.4, 0.5) is 4.39 Å². The molecule has 0 aliphatic heterocycles. The van der Waals surface area contributed by atoms with Crippen LogP contribution in [-0.2, 0) is 0 Å². The molecule has 0 aliphatic rings. The first-order valence-corrected chi connectivity index (χ1v) is 6.29. The molecule has 0 atom stereocenters. The van der Waals surface area contributed by atoms with Gasteiger partial charge in [0, 0.05) is 0 Å². The number of hydrogen-bond donors (Lipinski definition) is 2. The van der Waals surface area contributed by atoms with Gasteiger partial charge in [-0.05, 0) is 30.3 Å². The van der Waals surface area contributed by atoms with E-state index >= 15 is 0 Å². The second-order valence-electron chi connectivity index (χ2n) is 4.38. The third kappa shape index (κ3) is 2.09. The maximum Gasteiger partial charge on any atom is 0.335 e. The zero-order valence-electron chi connectivity index (χ0n) is 10.4. The lowest BCUT2D eigenvalue weighted by molar-refractivity contribution is 0.0697. The number of aromatic amines is 1. The number of nitrogens with zero attached hydrogens (tertiary/aromatic N) is 1. The number of H-pyrrole nitrogens is 1. The summed E-state index contributed by atoms with van der Waals surface area (Å²) in [6.07, 6.45) is 0. The first-order chi connectivity index (χ1) is 9.99. The van der Waals surface area contributed by atoms with E-state index in [0.717, 1.165) is 4.57 Å². The molecule has 0 unspecified atom stereocenters. The largest absolute Gasteiger partial charge is 0.478 e. The van der Waals surface area contributed by atoms with Gasteiger partial charge in [0.25, 0.3) is 0 Å². The summed E-state index contributed by atoms with van der Waals surface area (Å²) in [6.45, 7) is 0. The van der Waals surface area contributed by atoms with E-state index in [-0.39, 0.29) is 16.3 Å². The highest BCUT2D eigenvalue weighted by Gasteiger charge is 2.15. The minimum atomic E-state index is -1.11. The van der Waals surface area contributed by atoms with Crippen LogP contribution in [0.3, 0.4) is 0 Å². The van der Waals surface area contributed by atoms with Crippen molar-refractivity contribution in [1.82, 2.24) is 9.55 Å². The molecule has 0 saturated carbocycles. The Balaban J connectivity index is 2.33. The Hall–Kier alpha value is -2.60. The van der Waals surface area contributed by atoms with Crippen LogP contribution >= 0.6 is 11.6 Å². The number of aromatic nitrogens is 2. The molecule has 3 aromatic rings. The maximum absolute atomic E-state index is 14.1. The van der Waals surface area contributed by atoms with E-state index in [1.807, 2.05) is 0 Å². The molecule has 0 bridgehead atoms. The van der Waals surface area contributed by atoms with Crippen molar-refractivity contribution in [3.8, 4) is 5.69 Å². The zero-order chi connectivity index (χ0) is 15.1. The van der Waals surface area contributed by atoms with Gasteiger partial charge in [-0.25, -0.2) is 14.0 Å². The van der Waals surface area contributed by atoms with Crippen molar-refractivity contribution >= 4 is 28.6 Å². The summed E-state index contributed by atoms with van der Waals surface area (Å²) in [7, 11) is 0. The normalized spacial score (nSPS) is 11.0. The van der Waals surface area contributed by atoms with Crippen molar-refractivity contribution in [3.63, 3.8) is 0 Å². The summed E-state index contributed by atoms with van der Waals surface area (Å²) < 4.78 is 15.2. The predicted octanol–water partition coefficient (Wildman–Crippen LogP) is 2.81. The number of imidazole rings is 1. The fraction of sp³-hybridized carbons (Fsp3) is 0. The molecule has 0 radical (unpaired) electrons. The molecule has 0 saturated heterocycles. The Labute approximate surface area is 122 Å². The molecule has 1 heterocycles. The Kier molecular flexibility index (Phi) is 3.03. The van der Waals surface area contributed by atoms with Crippen LogP contribution in [0.2, 0.25) is 5.02 Å². The Morgan fingerprint density at radius 2 is 2.05 bits per heavy atom. The second-order valence-corrected chi connectivity index (χ2v) is 4.78. The molecule has 7 heteroatoms. The SMILES string of the molecule is O=C(O)c1ccc2c(c1)[nH]c(=O)n2-c1cccc(Cl)c1F. The average Bonchev–Trinajstić information content (AvgIpc) is 2.77. The van der Waals surface area contributed by atoms with Gasteiger partial charge in [0.05, 0.1) is 27.3 Å². The van der Waals surface area contributed by atoms with Gasteiger partial charge in [-0.15, -0.1) is 0 Å². The molecular formula is C14H8ClFN2O3. The standard InChI is InChI=1S/C14H8ClFN2O3/c15-8-2-1-3-11(12(8)16)18-10-5-4-7(13(19)20)6-9(10)17-14(18)21/h1-6H,(H,17,21)(H,19,20). The van der Waals surface area contributed by atoms with Crippen molar-refractivity contribution < 1.29 is 14.3 Å². The summed E-state index contributed by atoms with van der Waals surface area (Å²) in [4.78, 5) is 25.5. The van der Waals surface area contributed by atoms with Gasteiger partial charge in [-0.1, -0.05) is 17.7 Å². The quantitative estimate of drug-likeness (QED) is 0.764. The van der Waals surface area contributed by atoms with Crippen LogP contribution in [0, 0.1) is 5.82 Å². The highest BCUT2D eigenvalue weighted by atomic mass is 35.5. The number of fused-ring (bicyclic) bond motifs is 1. The van der Waals surface area contributed by atoms with Gasteiger partial charge in [0.1, 0.15) is 0 Å². The van der Waals surface area contributed by atoms with E-state index in [1.54, 1.807) is 0 Å². The molecule has 0 fully saturated rings. The van der Waals surface area contributed by atoms with Crippen molar-refractivity contribution in [2.24, 2.45) is 0 Å². The molecule has 2 aromatic carbocycles. The van der Waals surface area contributed by atoms with Crippen LogP contribution in [-0.4, -0.2) is 20.6 Å². The molecule has 5 nitrogen and oxygen atoms in total. The van der Waals surface area contributed by atoms with Crippen molar-refractivity contribution in [1.29, 1.82) is 0 Å². The van der Waals surface area contributed by atoms with Gasteiger partial charge in [0.15, 0.2) is 5.82 Å². The topological polar surface area (TPSA) is 75.1 Å². The maximum atomic E-state index is 14.1. The third-order valence-electron chi connectivity index (χ3n) is 3.10. The van der Waals surface area contributed by atoms with Gasteiger partial charge >= 0.3 is 11.7 Å². The van der Waals surface area contributed by atoms with Crippen molar-refractivity contribution in [2.45, 2.75) is 0 Å². The number of nitrogens with one attached hydrogen (secondary N) is 1. The number of carboxylic acid groups (broad SMARTS) is 1. The Morgan fingerprint density at radius 1 is 1.29 bits per heavy atom. The minimum absolute atomic E-state index is 0.00169. The number of carbonyl (C=O) groups is 1. The Bertz CT molecular complexity index is 930. The minimum Gasteiger partial charge on any atom is -0.478 e. The molecule has 0 aliphatic carbocycles. The number of carboxylic acids is 1. The van der Waals surface area contributed by atoms with Crippen LogP contribution in [0.25, 0.3) is 16.7 Å². The number of hydrogen-bond acceptors (Lipinski definition) is 2. The van der Waals surface area contributed by atoms with Crippen LogP contribution in [0.15, 0.2) is 41.2 Å². The lowest BCUT2D eigenvalue weighted by Gasteiger charge is -2.06. The molecule has 2 N–H and O–H groups in total. The molecule has 1 aromatic heterocycles. The van der Waals surface area contributed by atoms with E-state index in [1.165, 1.54) is 36.4 Å². The van der Waals surface area contributed by atoms with Gasteiger partial charge in [0.2, 0.25) is 0 Å². The van der Waals surface area contributed by atoms with Crippen molar-refractivity contribution in [3.05, 3.63) is 63.3 Å². The fourth-order valence-corrected chi connectivity index (χ4v) is 2.32. The third-order valence-corrected chi connectivity index (χ3v) is 3.39. The lowest BCUT2D eigenvalue weighted by atomic mass is 10.2. The van der Waals surface area contributed by atoms with E-state index in [0.29, 0.717) is 11.0 Å². The smallest absolute Gasteiger partial charge is 0.335 e. The van der Waals surface area contributed by atoms with E-state index in [9.17, 15) is 14.0 Å². The number of halogens is 2. The summed E-state index contributed by atoms with van der Waals surface area (Å²) >= 11 is 5.72. The summed E-state index contributed by atoms with van der Waals surface area (Å²) in [5.74, 6) is -1.83. The molecule has 106 valence electrons. The predicted molar refractivity (Wildman–Crippen MR) is 75.8 cm³/mol. The van der Waals surface area contributed by atoms with E-state index < -0.39 is 17.5 Å². The van der Waals surface area contributed by atoms with Gasteiger partial charge in [-0.2, -0.15) is 0 Å². The number of benzene rings is 2. The molecule has 3 rings (SSSR count). The first kappa shape index (κ1) is 13.4. The number of aromatic carboxylic acids is 1. The van der Waals surface area contributed by atoms with E-state index in [4.69, 9.17) is 16.7 Å². The molecule has 21 heavy (non-hydrogen) atoms. The van der Waals surface area contributed by atoms with Crippen LogP contribution in [0.5, 0.6) is 0 Å². The van der Waals surface area contributed by atoms with Gasteiger partial charge in [-0.3, -0.25) is 4.57 Å². The summed E-state index contributed by atoms with van der Waals surface area (Å²) in [5, 5.41) is 8.84. The molecular weight excluding hydrogens is 299 g/mol. The van der Waals surface area contributed by atoms with E-state index in [2.05, 4.69) is 4.98 Å². The Morgan fingerprint density at radius 3 is 2.76 bits per heavy atom. The highest BCUT2D eigenvalue weighted by Crippen LogP contribution is 2.23. The summed E-state index contributed by atoms with van der Waals surface area (Å²) in [6, 6.07) is 8.42. The van der Waals surface area contributed by atoms with Crippen LogP contribution < -0.4 is 5.69 Å². The summed E-state index contributed by atoms with van der Waals surface area (Å²) in [5.41, 5.74) is 0.128. The highest BCUT2D eigenvalue weighted by molar-refractivity contribution is 6.30. The zero-order valence-corrected chi connectivity index (χ0v) is 11.2. The number of rotatable bonds is 2. The van der Waals surface area contributed by atoms with Gasteiger partial charge < -0.3 is 10.1 Å². The monoisotopic (exact) mass is 306 g/mol.